The molecule has 0 saturated heterocycles. The molecule has 49 heavy (non-hydrogen) atoms. The summed E-state index contributed by atoms with van der Waals surface area (Å²) in [5.74, 6) is 1.85. The second kappa shape index (κ2) is 12.2. The van der Waals surface area contributed by atoms with Crippen molar-refractivity contribution in [3.63, 3.8) is 0 Å². The van der Waals surface area contributed by atoms with Gasteiger partial charge in [-0.15, -0.1) is 0 Å². The summed E-state index contributed by atoms with van der Waals surface area (Å²) in [6.45, 7) is 0. The van der Waals surface area contributed by atoms with Gasteiger partial charge in [-0.3, -0.25) is 4.57 Å². The minimum absolute atomic E-state index is 0.582. The first-order valence-electron chi connectivity index (χ1n) is 16.5. The summed E-state index contributed by atoms with van der Waals surface area (Å²) in [5, 5.41) is 2.29. The van der Waals surface area contributed by atoms with E-state index >= 15 is 0 Å². The average molecular weight is 627 g/mol. The zero-order chi connectivity index (χ0) is 32.6. The smallest absolute Gasteiger partial charge is 0.238 e. The summed E-state index contributed by atoms with van der Waals surface area (Å²) in [7, 11) is 0. The Kier molecular flexibility index (Phi) is 7.10. The Labute approximate surface area is 284 Å². The van der Waals surface area contributed by atoms with Crippen LogP contribution in [-0.4, -0.2) is 19.5 Å². The number of hydrogen-bond donors (Lipinski definition) is 0. The monoisotopic (exact) mass is 626 g/mol. The van der Waals surface area contributed by atoms with Crippen molar-refractivity contribution in [3.05, 3.63) is 182 Å². The van der Waals surface area contributed by atoms with Crippen molar-refractivity contribution in [1.82, 2.24) is 19.5 Å². The van der Waals surface area contributed by atoms with Gasteiger partial charge in [0.15, 0.2) is 11.6 Å². The van der Waals surface area contributed by atoms with Gasteiger partial charge in [-0.05, 0) is 39.9 Å². The standard InChI is InChI=1S/C45H30N4/c1-4-14-31(15-5-1)32-26-28-33(29-27-32)36-20-12-21-37(30-36)38-23-13-24-40-39-22-10-11-25-41(39)49(42(38)40)45-47-43(34-16-6-2-7-17-34)46-44(48-45)35-18-8-3-9-19-35/h1-30H. The van der Waals surface area contributed by atoms with Crippen LogP contribution in [-0.2, 0) is 0 Å². The molecule has 4 heteroatoms. The van der Waals surface area contributed by atoms with Crippen molar-refractivity contribution in [2.45, 2.75) is 0 Å². The van der Waals surface area contributed by atoms with Gasteiger partial charge in [0, 0.05) is 27.5 Å². The summed E-state index contributed by atoms with van der Waals surface area (Å²) in [6.07, 6.45) is 0. The predicted molar refractivity (Wildman–Crippen MR) is 201 cm³/mol. The third-order valence-electron chi connectivity index (χ3n) is 9.08. The lowest BCUT2D eigenvalue weighted by Crippen LogP contribution is -2.06. The number of aromatic nitrogens is 4. The quantitative estimate of drug-likeness (QED) is 0.184. The lowest BCUT2D eigenvalue weighted by atomic mass is 9.96. The van der Waals surface area contributed by atoms with Crippen LogP contribution in [0.15, 0.2) is 182 Å². The highest BCUT2D eigenvalue weighted by Gasteiger charge is 2.20. The van der Waals surface area contributed by atoms with Crippen LogP contribution in [0.2, 0.25) is 0 Å². The second-order valence-electron chi connectivity index (χ2n) is 12.1. The normalized spacial score (nSPS) is 11.3. The molecule has 0 radical (unpaired) electrons. The third-order valence-corrected chi connectivity index (χ3v) is 9.08. The Bertz CT molecular complexity index is 2520. The molecule has 0 atom stereocenters. The number of rotatable bonds is 6. The van der Waals surface area contributed by atoms with Crippen molar-refractivity contribution in [2.24, 2.45) is 0 Å². The molecule has 0 bridgehead atoms. The fraction of sp³-hybridized carbons (Fsp3) is 0. The molecule has 7 aromatic carbocycles. The van der Waals surface area contributed by atoms with E-state index in [0.717, 1.165) is 49.6 Å². The molecule has 230 valence electrons. The van der Waals surface area contributed by atoms with Crippen LogP contribution in [0, 0.1) is 0 Å². The molecule has 4 nitrogen and oxygen atoms in total. The molecule has 0 aliphatic rings. The minimum atomic E-state index is 0.582. The van der Waals surface area contributed by atoms with Gasteiger partial charge in [0.25, 0.3) is 0 Å². The maximum atomic E-state index is 5.15. The molecule has 0 N–H and O–H groups in total. The van der Waals surface area contributed by atoms with E-state index in [0.29, 0.717) is 17.6 Å². The van der Waals surface area contributed by atoms with E-state index in [9.17, 15) is 0 Å². The van der Waals surface area contributed by atoms with E-state index in [2.05, 4.69) is 126 Å². The van der Waals surface area contributed by atoms with Gasteiger partial charge in [-0.25, -0.2) is 4.98 Å². The number of hydrogen-bond acceptors (Lipinski definition) is 3. The fourth-order valence-corrected chi connectivity index (χ4v) is 6.71. The Hall–Kier alpha value is -6.65. The van der Waals surface area contributed by atoms with Crippen molar-refractivity contribution in [1.29, 1.82) is 0 Å². The van der Waals surface area contributed by atoms with Crippen molar-refractivity contribution >= 4 is 21.8 Å². The maximum absolute atomic E-state index is 5.15. The van der Waals surface area contributed by atoms with Crippen LogP contribution in [0.5, 0.6) is 0 Å². The van der Waals surface area contributed by atoms with Crippen molar-refractivity contribution < 1.29 is 0 Å². The number of benzene rings is 7. The lowest BCUT2D eigenvalue weighted by Gasteiger charge is -2.13. The molecule has 0 fully saturated rings. The molecule has 2 heterocycles. The molecule has 0 amide bonds. The topological polar surface area (TPSA) is 43.6 Å². The summed E-state index contributed by atoms with van der Waals surface area (Å²) >= 11 is 0. The van der Waals surface area contributed by atoms with Gasteiger partial charge in [-0.1, -0.05) is 170 Å². The largest absolute Gasteiger partial charge is 0.277 e. The molecule has 2 aromatic heterocycles. The molecular formula is C45H30N4. The van der Waals surface area contributed by atoms with E-state index in [1.54, 1.807) is 0 Å². The Morgan fingerprint density at radius 2 is 0.796 bits per heavy atom. The average Bonchev–Trinajstić information content (AvgIpc) is 3.54. The second-order valence-corrected chi connectivity index (χ2v) is 12.1. The summed E-state index contributed by atoms with van der Waals surface area (Å²) in [4.78, 5) is 15.3. The zero-order valence-electron chi connectivity index (χ0n) is 26.6. The number of para-hydroxylation sites is 2. The van der Waals surface area contributed by atoms with Gasteiger partial charge in [0.05, 0.1) is 11.0 Å². The van der Waals surface area contributed by atoms with Gasteiger partial charge < -0.3 is 0 Å². The van der Waals surface area contributed by atoms with Gasteiger partial charge in [0.1, 0.15) is 0 Å². The maximum Gasteiger partial charge on any atom is 0.238 e. The fourth-order valence-electron chi connectivity index (χ4n) is 6.71. The van der Waals surface area contributed by atoms with Crippen molar-refractivity contribution in [3.8, 4) is 62.1 Å². The first kappa shape index (κ1) is 28.6. The van der Waals surface area contributed by atoms with E-state index in [-0.39, 0.29) is 0 Å². The molecule has 0 saturated carbocycles. The summed E-state index contributed by atoms with van der Waals surface area (Å²) in [5.41, 5.74) is 11.0. The Morgan fingerprint density at radius 1 is 0.327 bits per heavy atom. The number of nitrogens with zero attached hydrogens (tertiary/aromatic N) is 4. The molecule has 9 aromatic rings. The van der Waals surface area contributed by atoms with Crippen LogP contribution in [0.25, 0.3) is 83.9 Å². The molecule has 0 unspecified atom stereocenters. The van der Waals surface area contributed by atoms with E-state index < -0.39 is 0 Å². The molecule has 0 aliphatic carbocycles. The van der Waals surface area contributed by atoms with E-state index in [1.807, 2.05) is 60.7 Å². The SMILES string of the molecule is c1ccc(-c2ccc(-c3cccc(-c4cccc5c6ccccc6n(-c6nc(-c7ccccc7)nc(-c7ccccc7)n6)c45)c3)cc2)cc1. The minimum Gasteiger partial charge on any atom is -0.277 e. The molecular weight excluding hydrogens is 597 g/mol. The highest BCUT2D eigenvalue weighted by molar-refractivity contribution is 6.13. The third kappa shape index (κ3) is 5.26. The lowest BCUT2D eigenvalue weighted by molar-refractivity contribution is 0.954. The van der Waals surface area contributed by atoms with Crippen molar-refractivity contribution in [2.75, 3.05) is 0 Å². The van der Waals surface area contributed by atoms with Gasteiger partial charge >= 0.3 is 0 Å². The van der Waals surface area contributed by atoms with Crippen LogP contribution in [0.1, 0.15) is 0 Å². The van der Waals surface area contributed by atoms with E-state index in [1.165, 1.54) is 16.7 Å². The van der Waals surface area contributed by atoms with E-state index in [4.69, 9.17) is 15.0 Å². The predicted octanol–water partition coefficient (Wildman–Crippen LogP) is 11.3. The van der Waals surface area contributed by atoms with Crippen LogP contribution >= 0.6 is 0 Å². The Balaban J connectivity index is 1.25. The van der Waals surface area contributed by atoms with Crippen LogP contribution in [0.3, 0.4) is 0 Å². The highest BCUT2D eigenvalue weighted by atomic mass is 15.2. The van der Waals surface area contributed by atoms with Gasteiger partial charge in [-0.2, -0.15) is 9.97 Å². The number of fused-ring (bicyclic) bond motifs is 3. The zero-order valence-corrected chi connectivity index (χ0v) is 26.6. The van der Waals surface area contributed by atoms with Crippen LogP contribution in [0.4, 0.5) is 0 Å². The summed E-state index contributed by atoms with van der Waals surface area (Å²) < 4.78 is 2.21. The van der Waals surface area contributed by atoms with Crippen LogP contribution < -0.4 is 0 Å². The van der Waals surface area contributed by atoms with Gasteiger partial charge in [0.2, 0.25) is 5.95 Å². The Morgan fingerprint density at radius 3 is 1.45 bits per heavy atom. The first-order chi connectivity index (χ1) is 24.3. The summed E-state index contributed by atoms with van der Waals surface area (Å²) in [6, 6.07) is 63.4. The first-order valence-corrected chi connectivity index (χ1v) is 16.5. The molecule has 9 rings (SSSR count). The molecule has 0 aliphatic heterocycles. The highest BCUT2D eigenvalue weighted by Crippen LogP contribution is 2.39. The molecule has 0 spiro atoms.